The van der Waals surface area contributed by atoms with E-state index in [0.29, 0.717) is 26.2 Å². The van der Waals surface area contributed by atoms with Gasteiger partial charge in [-0.15, -0.1) is 0 Å². The lowest BCUT2D eigenvalue weighted by Crippen LogP contribution is -2.50. The quantitative estimate of drug-likeness (QED) is 0.675. The summed E-state index contributed by atoms with van der Waals surface area (Å²) < 4.78 is 38.0. The van der Waals surface area contributed by atoms with E-state index >= 15 is 0 Å². The number of hydrogen-bond acceptors (Lipinski definition) is 6. The second-order valence-electron chi connectivity index (χ2n) is 7.24. The molecule has 2 aromatic rings. The topological polar surface area (TPSA) is 88.2 Å². The molecule has 1 saturated heterocycles. The van der Waals surface area contributed by atoms with Gasteiger partial charge in [-0.1, -0.05) is 29.3 Å². The number of nitrogens with one attached hydrogen (secondary N) is 1. The van der Waals surface area contributed by atoms with Crippen LogP contribution in [0.5, 0.6) is 11.5 Å². The van der Waals surface area contributed by atoms with Gasteiger partial charge in [-0.05, 0) is 35.9 Å². The standard InChI is InChI=1S/C20H21Cl2N3O5S/c21-15-2-3-16(22)19(10-15)31(27,28)23-11-20(26)25-7-5-24(6-8-25)12-14-1-4-17-18(9-14)30-13-29-17/h1-4,9-10,23H,5-8,11-13H2. The molecule has 11 heteroatoms. The monoisotopic (exact) mass is 485 g/mol. The van der Waals surface area contributed by atoms with Crippen molar-refractivity contribution >= 4 is 39.1 Å². The van der Waals surface area contributed by atoms with Crippen LogP contribution >= 0.6 is 23.2 Å². The summed E-state index contributed by atoms with van der Waals surface area (Å²) >= 11 is 11.8. The molecule has 1 N–H and O–H groups in total. The summed E-state index contributed by atoms with van der Waals surface area (Å²) in [7, 11) is -3.95. The van der Waals surface area contributed by atoms with Gasteiger partial charge in [0.1, 0.15) is 4.90 Å². The Morgan fingerprint density at radius 2 is 1.74 bits per heavy atom. The number of fused-ring (bicyclic) bond motifs is 1. The summed E-state index contributed by atoms with van der Waals surface area (Å²) in [5, 5.41) is 0.288. The molecule has 0 saturated carbocycles. The van der Waals surface area contributed by atoms with Crippen LogP contribution in [0.2, 0.25) is 10.0 Å². The number of carbonyl (C=O) groups excluding carboxylic acids is 1. The van der Waals surface area contributed by atoms with Gasteiger partial charge < -0.3 is 14.4 Å². The minimum atomic E-state index is -3.95. The fraction of sp³-hybridized carbons (Fsp3) is 0.350. The van der Waals surface area contributed by atoms with E-state index in [1.165, 1.54) is 18.2 Å². The Morgan fingerprint density at radius 1 is 1.00 bits per heavy atom. The van der Waals surface area contributed by atoms with Gasteiger partial charge in [0.15, 0.2) is 11.5 Å². The van der Waals surface area contributed by atoms with E-state index in [1.807, 2.05) is 18.2 Å². The molecule has 31 heavy (non-hydrogen) atoms. The summed E-state index contributed by atoms with van der Waals surface area (Å²) in [5.41, 5.74) is 1.11. The van der Waals surface area contributed by atoms with Crippen molar-refractivity contribution in [3.63, 3.8) is 0 Å². The van der Waals surface area contributed by atoms with Crippen molar-refractivity contribution in [3.8, 4) is 11.5 Å². The molecule has 166 valence electrons. The van der Waals surface area contributed by atoms with Crippen molar-refractivity contribution in [1.82, 2.24) is 14.5 Å². The molecule has 0 atom stereocenters. The van der Waals surface area contributed by atoms with Gasteiger partial charge in [0.05, 0.1) is 11.6 Å². The number of hydrogen-bond donors (Lipinski definition) is 1. The predicted molar refractivity (Wildman–Crippen MR) is 116 cm³/mol. The molecular weight excluding hydrogens is 465 g/mol. The minimum absolute atomic E-state index is 0.0430. The van der Waals surface area contributed by atoms with Crippen LogP contribution in [0.15, 0.2) is 41.3 Å². The van der Waals surface area contributed by atoms with E-state index in [2.05, 4.69) is 9.62 Å². The fourth-order valence-corrected chi connectivity index (χ4v) is 5.22. The molecule has 8 nitrogen and oxygen atoms in total. The van der Waals surface area contributed by atoms with Gasteiger partial charge in [0.2, 0.25) is 22.7 Å². The molecule has 0 aromatic heterocycles. The number of ether oxygens (including phenoxy) is 2. The number of piperazine rings is 1. The van der Waals surface area contributed by atoms with Gasteiger partial charge in [-0.2, -0.15) is 0 Å². The van der Waals surface area contributed by atoms with E-state index in [9.17, 15) is 13.2 Å². The number of nitrogens with zero attached hydrogens (tertiary/aromatic N) is 2. The molecular formula is C20H21Cl2N3O5S. The summed E-state index contributed by atoms with van der Waals surface area (Å²) in [6.07, 6.45) is 0. The molecule has 2 aliphatic rings. The first-order valence-electron chi connectivity index (χ1n) is 9.65. The third-order valence-electron chi connectivity index (χ3n) is 5.16. The third-order valence-corrected chi connectivity index (χ3v) is 7.28. The smallest absolute Gasteiger partial charge is 0.242 e. The normalized spacial score (nSPS) is 16.5. The number of amides is 1. The highest BCUT2D eigenvalue weighted by molar-refractivity contribution is 7.89. The van der Waals surface area contributed by atoms with Gasteiger partial charge >= 0.3 is 0 Å². The third kappa shape index (κ3) is 5.24. The van der Waals surface area contributed by atoms with Crippen molar-refractivity contribution in [2.75, 3.05) is 39.5 Å². The highest BCUT2D eigenvalue weighted by atomic mass is 35.5. The fourth-order valence-electron chi connectivity index (χ4n) is 3.48. The van der Waals surface area contributed by atoms with Crippen molar-refractivity contribution in [1.29, 1.82) is 0 Å². The number of sulfonamides is 1. The van der Waals surface area contributed by atoms with Gasteiger partial charge in [0.25, 0.3) is 0 Å². The molecule has 2 heterocycles. The van der Waals surface area contributed by atoms with Gasteiger partial charge in [-0.25, -0.2) is 13.1 Å². The van der Waals surface area contributed by atoms with Crippen LogP contribution in [0.25, 0.3) is 0 Å². The van der Waals surface area contributed by atoms with Gasteiger partial charge in [-0.3, -0.25) is 9.69 Å². The Hall–Kier alpha value is -2.04. The molecule has 4 rings (SSSR count). The van der Waals surface area contributed by atoms with E-state index in [1.54, 1.807) is 4.90 Å². The summed E-state index contributed by atoms with van der Waals surface area (Å²) in [6, 6.07) is 10.0. The van der Waals surface area contributed by atoms with Crippen LogP contribution in [0.3, 0.4) is 0 Å². The van der Waals surface area contributed by atoms with Crippen molar-refractivity contribution in [2.24, 2.45) is 0 Å². The average molecular weight is 486 g/mol. The highest BCUT2D eigenvalue weighted by Crippen LogP contribution is 2.33. The minimum Gasteiger partial charge on any atom is -0.454 e. The molecule has 2 aliphatic heterocycles. The van der Waals surface area contributed by atoms with Crippen LogP contribution in [-0.2, 0) is 21.4 Å². The van der Waals surface area contributed by atoms with Crippen LogP contribution in [-0.4, -0.2) is 63.6 Å². The zero-order chi connectivity index (χ0) is 22.0. The lowest BCUT2D eigenvalue weighted by Gasteiger charge is -2.34. The van der Waals surface area contributed by atoms with Crippen molar-refractivity contribution in [2.45, 2.75) is 11.4 Å². The number of rotatable bonds is 6. The molecule has 0 spiro atoms. The number of halogens is 2. The highest BCUT2D eigenvalue weighted by Gasteiger charge is 2.25. The molecule has 0 bridgehead atoms. The van der Waals surface area contributed by atoms with Crippen molar-refractivity contribution < 1.29 is 22.7 Å². The molecule has 2 aromatic carbocycles. The second kappa shape index (κ2) is 9.22. The van der Waals surface area contributed by atoms with Gasteiger partial charge in [0, 0.05) is 37.7 Å². The van der Waals surface area contributed by atoms with E-state index in [4.69, 9.17) is 32.7 Å². The first-order chi connectivity index (χ1) is 14.8. The number of benzene rings is 2. The van der Waals surface area contributed by atoms with Crippen LogP contribution < -0.4 is 14.2 Å². The maximum absolute atomic E-state index is 12.5. The zero-order valence-corrected chi connectivity index (χ0v) is 18.8. The predicted octanol–water partition coefficient (Wildman–Crippen LogP) is 2.34. The number of carbonyl (C=O) groups is 1. The van der Waals surface area contributed by atoms with Crippen LogP contribution in [0.1, 0.15) is 5.56 Å². The summed E-state index contributed by atoms with van der Waals surface area (Å²) in [5.74, 6) is 1.21. The zero-order valence-electron chi connectivity index (χ0n) is 16.5. The first kappa shape index (κ1) is 22.2. The molecule has 0 radical (unpaired) electrons. The maximum atomic E-state index is 12.5. The largest absolute Gasteiger partial charge is 0.454 e. The Kier molecular flexibility index (Phi) is 6.59. The Bertz CT molecular complexity index is 1090. The Labute approximate surface area is 190 Å². The van der Waals surface area contributed by atoms with E-state index in [0.717, 1.165) is 23.6 Å². The molecule has 1 fully saturated rings. The average Bonchev–Trinajstić information content (AvgIpc) is 3.22. The Balaban J connectivity index is 1.28. The molecule has 0 aliphatic carbocycles. The second-order valence-corrected chi connectivity index (χ2v) is 9.82. The first-order valence-corrected chi connectivity index (χ1v) is 11.9. The maximum Gasteiger partial charge on any atom is 0.242 e. The van der Waals surface area contributed by atoms with Crippen molar-refractivity contribution in [3.05, 3.63) is 52.0 Å². The van der Waals surface area contributed by atoms with E-state index < -0.39 is 10.0 Å². The summed E-state index contributed by atoms with van der Waals surface area (Å²) in [6.45, 7) is 3.05. The van der Waals surface area contributed by atoms with Crippen LogP contribution in [0, 0.1) is 0 Å². The van der Waals surface area contributed by atoms with E-state index in [-0.39, 0.29) is 34.2 Å². The molecule has 1 amide bonds. The molecule has 0 unspecified atom stereocenters. The lowest BCUT2D eigenvalue weighted by atomic mass is 10.1. The van der Waals surface area contributed by atoms with Crippen LogP contribution in [0.4, 0.5) is 0 Å². The Morgan fingerprint density at radius 3 is 2.52 bits per heavy atom. The summed E-state index contributed by atoms with van der Waals surface area (Å²) in [4.78, 5) is 16.2. The lowest BCUT2D eigenvalue weighted by molar-refractivity contribution is -0.131. The SMILES string of the molecule is O=C(CNS(=O)(=O)c1cc(Cl)ccc1Cl)N1CCN(Cc2ccc3c(c2)OCO3)CC1.